The Bertz CT molecular complexity index is 1210. The lowest BCUT2D eigenvalue weighted by Gasteiger charge is -2.48. The second-order valence-electron chi connectivity index (χ2n) is 10.1. The van der Waals surface area contributed by atoms with Gasteiger partial charge in [-0.3, -0.25) is 9.48 Å². The number of aliphatic hydroxyl groups is 1. The summed E-state index contributed by atoms with van der Waals surface area (Å²) in [5, 5.41) is 22.3. The molecule has 1 aliphatic carbocycles. The largest absolute Gasteiger partial charge is 0.487 e. The maximum Gasteiger partial charge on any atom is 0.272 e. The number of aliphatic hydroxyl groups excluding tert-OH is 1. The molecule has 7 nitrogen and oxygen atoms in total. The summed E-state index contributed by atoms with van der Waals surface area (Å²) in [5.41, 5.74) is 3.28. The van der Waals surface area contributed by atoms with Crippen LogP contribution in [0.5, 0.6) is 5.75 Å². The molecule has 0 bridgehead atoms. The Hall–Kier alpha value is -2.68. The smallest absolute Gasteiger partial charge is 0.272 e. The van der Waals surface area contributed by atoms with E-state index in [9.17, 15) is 9.90 Å². The van der Waals surface area contributed by atoms with Crippen molar-refractivity contribution in [2.75, 3.05) is 6.54 Å². The number of hydrogen-bond acceptors (Lipinski definition) is 5. The number of aromatic nitrogens is 2. The van der Waals surface area contributed by atoms with Gasteiger partial charge < -0.3 is 20.5 Å². The third kappa shape index (κ3) is 5.36. The van der Waals surface area contributed by atoms with Crippen molar-refractivity contribution in [2.45, 2.75) is 62.8 Å². The summed E-state index contributed by atoms with van der Waals surface area (Å²) in [7, 11) is 1.81. The van der Waals surface area contributed by atoms with Crippen LogP contribution < -0.4 is 15.4 Å². The van der Waals surface area contributed by atoms with Crippen LogP contribution in [-0.4, -0.2) is 45.1 Å². The molecular weight excluding hydrogens is 520 g/mol. The Balaban J connectivity index is 1.32. The molecule has 0 unspecified atom stereocenters. The number of halogens is 1. The van der Waals surface area contributed by atoms with Gasteiger partial charge in [-0.15, -0.1) is 0 Å². The SMILES string of the molecule is Cc1cc(C(=O)N[C@@H](Cc2ccccc2)[C@H](O)CN[C@H]2CC3(CCC3)Oc3ccc(Br)cc32)nn1C. The van der Waals surface area contributed by atoms with Gasteiger partial charge in [0.25, 0.3) is 5.91 Å². The number of ether oxygens (including phenoxy) is 1. The van der Waals surface area contributed by atoms with Crippen molar-refractivity contribution < 1.29 is 14.6 Å². The fourth-order valence-electron chi connectivity index (χ4n) is 5.17. The number of nitrogens with one attached hydrogen (secondary N) is 2. The standard InChI is InChI=1S/C28H33BrN4O3/c1-18-13-23(32-33(18)2)27(35)31-22(14-19-7-4-3-5-8-19)25(34)17-30-24-16-28(11-6-12-28)36-26-10-9-20(29)15-21(24)26/h3-5,7-10,13,15,22,24-25,30,34H,6,11-12,14,16-17H2,1-2H3,(H,31,35)/t22-,24-,25+/m0/s1. The summed E-state index contributed by atoms with van der Waals surface area (Å²) in [6.07, 6.45) is 3.88. The van der Waals surface area contributed by atoms with Crippen LogP contribution in [0.15, 0.2) is 59.1 Å². The van der Waals surface area contributed by atoms with E-state index in [0.29, 0.717) is 18.7 Å². The number of carbonyl (C=O) groups is 1. The van der Waals surface area contributed by atoms with E-state index in [1.165, 1.54) is 6.42 Å². The van der Waals surface area contributed by atoms with E-state index in [0.717, 1.165) is 46.3 Å². The molecule has 1 spiro atoms. The van der Waals surface area contributed by atoms with E-state index >= 15 is 0 Å². The Labute approximate surface area is 220 Å². The van der Waals surface area contributed by atoms with E-state index in [4.69, 9.17) is 4.74 Å². The van der Waals surface area contributed by atoms with Crippen LogP contribution >= 0.6 is 15.9 Å². The fourth-order valence-corrected chi connectivity index (χ4v) is 5.55. The first-order chi connectivity index (χ1) is 17.3. The van der Waals surface area contributed by atoms with Crippen LogP contribution in [-0.2, 0) is 13.5 Å². The van der Waals surface area contributed by atoms with Crippen LogP contribution in [0.4, 0.5) is 0 Å². The van der Waals surface area contributed by atoms with Crippen LogP contribution in [0, 0.1) is 6.92 Å². The Morgan fingerprint density at radius 1 is 1.25 bits per heavy atom. The van der Waals surface area contributed by atoms with Gasteiger partial charge in [-0.2, -0.15) is 5.10 Å². The van der Waals surface area contributed by atoms with Crippen molar-refractivity contribution in [2.24, 2.45) is 7.05 Å². The molecule has 2 aromatic carbocycles. The van der Waals surface area contributed by atoms with Gasteiger partial charge >= 0.3 is 0 Å². The number of rotatable bonds is 8. The minimum atomic E-state index is -0.797. The number of aryl methyl sites for hydroxylation is 2. The third-order valence-corrected chi connectivity index (χ3v) is 8.01. The molecule has 3 aromatic rings. The highest BCUT2D eigenvalue weighted by atomic mass is 79.9. The minimum absolute atomic E-state index is 0.0627. The fraction of sp³-hybridized carbons (Fsp3) is 0.429. The van der Waals surface area contributed by atoms with Crippen molar-refractivity contribution in [3.05, 3.63) is 81.6 Å². The van der Waals surface area contributed by atoms with Gasteiger partial charge in [0.05, 0.1) is 12.1 Å². The summed E-state index contributed by atoms with van der Waals surface area (Å²) in [6.45, 7) is 2.24. The normalized spacial score (nSPS) is 19.6. The quantitative estimate of drug-likeness (QED) is 0.389. The monoisotopic (exact) mass is 552 g/mol. The van der Waals surface area contributed by atoms with Gasteiger partial charge in [0.1, 0.15) is 17.0 Å². The maximum absolute atomic E-state index is 13.0. The highest BCUT2D eigenvalue weighted by Gasteiger charge is 2.45. The first-order valence-electron chi connectivity index (χ1n) is 12.6. The number of fused-ring (bicyclic) bond motifs is 1. The molecule has 2 aliphatic rings. The van der Waals surface area contributed by atoms with Gasteiger partial charge in [0.15, 0.2) is 0 Å². The molecule has 3 N–H and O–H groups in total. The Morgan fingerprint density at radius 2 is 2.03 bits per heavy atom. The molecule has 1 amide bonds. The lowest BCUT2D eigenvalue weighted by Crippen LogP contribution is -2.52. The number of hydrogen-bond donors (Lipinski definition) is 3. The predicted octanol–water partition coefficient (Wildman–Crippen LogP) is 4.23. The molecule has 1 aliphatic heterocycles. The van der Waals surface area contributed by atoms with Crippen LogP contribution in [0.1, 0.15) is 59.0 Å². The van der Waals surface area contributed by atoms with Crippen LogP contribution in [0.3, 0.4) is 0 Å². The summed E-state index contributed by atoms with van der Waals surface area (Å²) in [4.78, 5) is 13.0. The average molecular weight is 554 g/mol. The molecule has 2 heterocycles. The number of carbonyl (C=O) groups excluding carboxylic acids is 1. The maximum atomic E-state index is 13.0. The third-order valence-electron chi connectivity index (χ3n) is 7.51. The van der Waals surface area contributed by atoms with Crippen LogP contribution in [0.2, 0.25) is 0 Å². The Morgan fingerprint density at radius 3 is 2.69 bits per heavy atom. The van der Waals surface area contributed by atoms with E-state index in [1.54, 1.807) is 10.7 Å². The summed E-state index contributed by atoms with van der Waals surface area (Å²) >= 11 is 3.59. The molecule has 1 fully saturated rings. The molecule has 0 saturated heterocycles. The van der Waals surface area contributed by atoms with Crippen molar-refractivity contribution in [3.8, 4) is 5.75 Å². The zero-order valence-corrected chi connectivity index (χ0v) is 22.3. The lowest BCUT2D eigenvalue weighted by molar-refractivity contribution is -0.0382. The van der Waals surface area contributed by atoms with Crippen molar-refractivity contribution in [1.29, 1.82) is 0 Å². The van der Waals surface area contributed by atoms with Gasteiger partial charge in [-0.1, -0.05) is 46.3 Å². The predicted molar refractivity (Wildman–Crippen MR) is 142 cm³/mol. The van der Waals surface area contributed by atoms with E-state index < -0.39 is 12.1 Å². The molecule has 8 heteroatoms. The number of nitrogens with zero attached hydrogens (tertiary/aromatic N) is 2. The summed E-state index contributed by atoms with van der Waals surface area (Å²) in [5.74, 6) is 0.628. The second kappa shape index (κ2) is 10.4. The number of benzene rings is 2. The summed E-state index contributed by atoms with van der Waals surface area (Å²) < 4.78 is 9.08. The minimum Gasteiger partial charge on any atom is -0.487 e. The van der Waals surface area contributed by atoms with E-state index in [2.05, 4.69) is 37.7 Å². The number of amides is 1. The second-order valence-corrected chi connectivity index (χ2v) is 11.0. The van der Waals surface area contributed by atoms with Gasteiger partial charge in [0.2, 0.25) is 0 Å². The van der Waals surface area contributed by atoms with Crippen LogP contribution in [0.25, 0.3) is 0 Å². The van der Waals surface area contributed by atoms with Crippen molar-refractivity contribution in [1.82, 2.24) is 20.4 Å². The van der Waals surface area contributed by atoms with Crippen molar-refractivity contribution >= 4 is 21.8 Å². The lowest BCUT2D eigenvalue weighted by atomic mass is 9.73. The van der Waals surface area contributed by atoms with E-state index in [-0.39, 0.29) is 17.6 Å². The first-order valence-corrected chi connectivity index (χ1v) is 13.4. The zero-order chi connectivity index (χ0) is 25.3. The average Bonchev–Trinajstić information content (AvgIpc) is 3.19. The van der Waals surface area contributed by atoms with Crippen molar-refractivity contribution in [3.63, 3.8) is 0 Å². The molecule has 5 rings (SSSR count). The highest BCUT2D eigenvalue weighted by molar-refractivity contribution is 9.10. The molecule has 3 atom stereocenters. The van der Waals surface area contributed by atoms with E-state index in [1.807, 2.05) is 56.4 Å². The van der Waals surface area contributed by atoms with Gasteiger partial charge in [0, 0.05) is 41.8 Å². The molecule has 0 radical (unpaired) electrons. The molecule has 36 heavy (non-hydrogen) atoms. The topological polar surface area (TPSA) is 88.4 Å². The highest BCUT2D eigenvalue weighted by Crippen LogP contribution is 2.49. The zero-order valence-electron chi connectivity index (χ0n) is 20.7. The Kier molecular flexibility index (Phi) is 7.19. The first kappa shape index (κ1) is 25.0. The van der Waals surface area contributed by atoms with Gasteiger partial charge in [-0.05, 0) is 62.4 Å². The molecule has 1 saturated carbocycles. The molecular formula is C28H33BrN4O3. The summed E-state index contributed by atoms with van der Waals surface area (Å²) in [6, 6.07) is 17.4. The van der Waals surface area contributed by atoms with Gasteiger partial charge in [-0.25, -0.2) is 0 Å². The molecule has 190 valence electrons. The molecule has 1 aromatic heterocycles.